The molecule has 9 heteroatoms. The van der Waals surface area contributed by atoms with Crippen LogP contribution in [0, 0.1) is 22.6 Å². The fourth-order valence-electron chi connectivity index (χ4n) is 4.24. The molecule has 0 aliphatic carbocycles. The molecule has 0 aromatic heterocycles. The molecule has 2 aliphatic rings. The van der Waals surface area contributed by atoms with Crippen LogP contribution in [0.5, 0.6) is 0 Å². The number of halogens is 1. The van der Waals surface area contributed by atoms with Gasteiger partial charge < -0.3 is 21.1 Å². The van der Waals surface area contributed by atoms with E-state index in [2.05, 4.69) is 0 Å². The summed E-state index contributed by atoms with van der Waals surface area (Å²) in [6.45, 7) is 1.49. The molecule has 150 valence electrons. The monoisotopic (exact) mass is 398 g/mol. The van der Waals surface area contributed by atoms with E-state index in [9.17, 15) is 24.0 Å². The molecule has 0 radical (unpaired) electrons. The van der Waals surface area contributed by atoms with Crippen molar-refractivity contribution in [2.24, 2.45) is 16.9 Å². The minimum absolute atomic E-state index is 0.0607. The SMILES string of the molecule is CCOC(=O)[C@]1(C(N)=O)[C@H](c2ccccc2F)[C@H](C(N)=O)N2C=C(C#N)C=C[C@@H]21. The third-order valence-corrected chi connectivity index (χ3v) is 5.34. The number of hydrogen-bond donors (Lipinski definition) is 2. The topological polar surface area (TPSA) is 140 Å². The van der Waals surface area contributed by atoms with E-state index in [0.717, 1.165) is 6.07 Å². The summed E-state index contributed by atoms with van der Waals surface area (Å²) in [7, 11) is 0. The van der Waals surface area contributed by atoms with Crippen LogP contribution in [0.2, 0.25) is 0 Å². The Balaban J connectivity index is 2.37. The van der Waals surface area contributed by atoms with E-state index in [1.54, 1.807) is 6.92 Å². The number of benzene rings is 1. The van der Waals surface area contributed by atoms with Gasteiger partial charge in [0.15, 0.2) is 5.41 Å². The van der Waals surface area contributed by atoms with E-state index in [0.29, 0.717) is 0 Å². The van der Waals surface area contributed by atoms with Crippen molar-refractivity contribution >= 4 is 17.8 Å². The van der Waals surface area contributed by atoms with Crippen LogP contribution in [0.25, 0.3) is 0 Å². The summed E-state index contributed by atoms with van der Waals surface area (Å²) in [6.07, 6.45) is 4.13. The molecular formula is C20H19FN4O4. The maximum atomic E-state index is 14.8. The Labute approximate surface area is 166 Å². The second-order valence-electron chi connectivity index (χ2n) is 6.75. The van der Waals surface area contributed by atoms with Crippen LogP contribution < -0.4 is 11.5 Å². The summed E-state index contributed by atoms with van der Waals surface area (Å²) >= 11 is 0. The van der Waals surface area contributed by atoms with Crippen molar-refractivity contribution in [2.75, 3.05) is 6.61 Å². The van der Waals surface area contributed by atoms with E-state index < -0.39 is 47.0 Å². The van der Waals surface area contributed by atoms with Gasteiger partial charge >= 0.3 is 5.97 Å². The normalized spacial score (nSPS) is 27.6. The number of nitriles is 1. The lowest BCUT2D eigenvalue weighted by molar-refractivity contribution is -0.161. The van der Waals surface area contributed by atoms with E-state index in [1.807, 2.05) is 6.07 Å². The maximum absolute atomic E-state index is 14.8. The van der Waals surface area contributed by atoms with Gasteiger partial charge in [-0.2, -0.15) is 5.26 Å². The highest BCUT2D eigenvalue weighted by atomic mass is 19.1. The Hall–Kier alpha value is -3.67. The summed E-state index contributed by atoms with van der Waals surface area (Å²) in [5.74, 6) is -5.06. The number of rotatable bonds is 5. The summed E-state index contributed by atoms with van der Waals surface area (Å²) in [5.41, 5.74) is 9.30. The fourth-order valence-corrected chi connectivity index (χ4v) is 4.24. The number of ether oxygens (including phenoxy) is 1. The van der Waals surface area contributed by atoms with E-state index >= 15 is 0 Å². The predicted octanol–water partition coefficient (Wildman–Crippen LogP) is 0.459. The molecule has 8 nitrogen and oxygen atoms in total. The molecule has 2 aliphatic heterocycles. The van der Waals surface area contributed by atoms with Gasteiger partial charge in [-0.05, 0) is 24.6 Å². The van der Waals surface area contributed by atoms with Crippen molar-refractivity contribution in [1.29, 1.82) is 5.26 Å². The van der Waals surface area contributed by atoms with E-state index in [1.165, 1.54) is 41.5 Å². The number of primary amides is 2. The molecule has 0 spiro atoms. The van der Waals surface area contributed by atoms with Gasteiger partial charge in [0, 0.05) is 12.1 Å². The standard InChI is InChI=1S/C20H19FN4O4/c1-2-29-19(28)20(18(24)27)14-8-7-11(9-22)10-25(14)16(17(23)26)15(20)12-5-3-4-6-13(12)21/h3-8,10,14-16H,2H2,1H3,(H2,23,26)(H2,24,27)/t14-,15-,16-,20+/m1/s1. The van der Waals surface area contributed by atoms with Crippen molar-refractivity contribution < 1.29 is 23.5 Å². The first-order valence-electron chi connectivity index (χ1n) is 8.89. The summed E-state index contributed by atoms with van der Waals surface area (Å²) < 4.78 is 19.9. The number of hydrogen-bond acceptors (Lipinski definition) is 6. The van der Waals surface area contributed by atoms with Crippen molar-refractivity contribution in [3.05, 3.63) is 59.6 Å². The molecular weight excluding hydrogens is 379 g/mol. The molecule has 0 bridgehead atoms. The van der Waals surface area contributed by atoms with Gasteiger partial charge in [-0.1, -0.05) is 24.3 Å². The Morgan fingerprint density at radius 1 is 1.31 bits per heavy atom. The van der Waals surface area contributed by atoms with E-state index in [4.69, 9.17) is 16.2 Å². The second kappa shape index (κ2) is 7.39. The third-order valence-electron chi connectivity index (χ3n) is 5.34. The number of nitrogens with two attached hydrogens (primary N) is 2. The molecule has 1 fully saturated rings. The van der Waals surface area contributed by atoms with Gasteiger partial charge in [0.2, 0.25) is 11.8 Å². The van der Waals surface area contributed by atoms with Gasteiger partial charge in [-0.15, -0.1) is 0 Å². The highest BCUT2D eigenvalue weighted by Crippen LogP contribution is 2.54. The van der Waals surface area contributed by atoms with Crippen LogP contribution in [0.4, 0.5) is 4.39 Å². The van der Waals surface area contributed by atoms with Crippen LogP contribution in [0.3, 0.4) is 0 Å². The van der Waals surface area contributed by atoms with Gasteiger partial charge in [-0.3, -0.25) is 14.4 Å². The van der Waals surface area contributed by atoms with Crippen LogP contribution in [0.15, 0.2) is 48.2 Å². The highest BCUT2D eigenvalue weighted by Gasteiger charge is 2.69. The number of esters is 1. The molecule has 1 aromatic rings. The summed E-state index contributed by atoms with van der Waals surface area (Å²) in [5, 5.41) is 9.24. The van der Waals surface area contributed by atoms with Crippen LogP contribution in [-0.2, 0) is 19.1 Å². The number of fused-ring (bicyclic) bond motifs is 1. The molecule has 2 heterocycles. The number of allylic oxidation sites excluding steroid dienone is 2. The minimum Gasteiger partial charge on any atom is -0.465 e. The molecule has 0 saturated carbocycles. The van der Waals surface area contributed by atoms with Crippen molar-refractivity contribution in [3.63, 3.8) is 0 Å². The number of amides is 2. The highest BCUT2D eigenvalue weighted by molar-refractivity contribution is 6.06. The van der Waals surface area contributed by atoms with Crippen molar-refractivity contribution in [3.8, 4) is 6.07 Å². The molecule has 0 unspecified atom stereocenters. The predicted molar refractivity (Wildman–Crippen MR) is 98.8 cm³/mol. The molecule has 1 aromatic carbocycles. The second-order valence-corrected chi connectivity index (χ2v) is 6.75. The zero-order valence-corrected chi connectivity index (χ0v) is 15.5. The fraction of sp³-hybridized carbons (Fsp3) is 0.300. The third kappa shape index (κ3) is 2.84. The molecule has 29 heavy (non-hydrogen) atoms. The molecule has 1 saturated heterocycles. The zero-order valence-electron chi connectivity index (χ0n) is 15.5. The molecule has 4 atom stereocenters. The summed E-state index contributed by atoms with van der Waals surface area (Å²) in [6, 6.07) is 4.98. The lowest BCUT2D eigenvalue weighted by atomic mass is 9.67. The zero-order chi connectivity index (χ0) is 21.3. The molecule has 3 rings (SSSR count). The van der Waals surface area contributed by atoms with Gasteiger partial charge in [0.25, 0.3) is 0 Å². The van der Waals surface area contributed by atoms with Gasteiger partial charge in [0.1, 0.15) is 17.9 Å². The summed E-state index contributed by atoms with van der Waals surface area (Å²) in [4.78, 5) is 39.7. The number of nitrogens with zero attached hydrogens (tertiary/aromatic N) is 2. The van der Waals surface area contributed by atoms with Gasteiger partial charge in [0.05, 0.1) is 18.2 Å². The first-order valence-corrected chi connectivity index (χ1v) is 8.89. The Kier molecular flexibility index (Phi) is 5.12. The first kappa shape index (κ1) is 20.1. The van der Waals surface area contributed by atoms with Crippen molar-refractivity contribution in [1.82, 2.24) is 4.90 Å². The van der Waals surface area contributed by atoms with E-state index in [-0.39, 0.29) is 17.7 Å². The molecule has 4 N–H and O–H groups in total. The average molecular weight is 398 g/mol. The lowest BCUT2D eigenvalue weighted by Crippen LogP contribution is -2.55. The Bertz CT molecular complexity index is 983. The maximum Gasteiger partial charge on any atom is 0.324 e. The van der Waals surface area contributed by atoms with Crippen LogP contribution in [-0.4, -0.2) is 41.4 Å². The lowest BCUT2D eigenvalue weighted by Gasteiger charge is -2.35. The molecule has 2 amide bonds. The number of carbonyl (C=O) groups is 3. The largest absolute Gasteiger partial charge is 0.465 e. The van der Waals surface area contributed by atoms with Crippen LogP contribution in [0.1, 0.15) is 18.4 Å². The number of carbonyl (C=O) groups excluding carboxylic acids is 3. The van der Waals surface area contributed by atoms with Gasteiger partial charge in [-0.25, -0.2) is 4.39 Å². The average Bonchev–Trinajstić information content (AvgIpc) is 2.99. The van der Waals surface area contributed by atoms with Crippen molar-refractivity contribution in [2.45, 2.75) is 24.9 Å². The smallest absolute Gasteiger partial charge is 0.324 e. The first-order chi connectivity index (χ1) is 13.8. The van der Waals surface area contributed by atoms with Crippen LogP contribution >= 0.6 is 0 Å². The minimum atomic E-state index is -2.13. The Morgan fingerprint density at radius 3 is 2.55 bits per heavy atom. The Morgan fingerprint density at radius 2 is 2.00 bits per heavy atom. The quantitative estimate of drug-likeness (QED) is 0.545.